The first kappa shape index (κ1) is 20.1. The second-order valence-corrected chi connectivity index (χ2v) is 8.68. The monoisotopic (exact) mass is 429 g/mol. The molecule has 1 amide bonds. The molecule has 156 valence electrons. The molecule has 2 aliphatic heterocycles. The van der Waals surface area contributed by atoms with Gasteiger partial charge in [0.25, 0.3) is 5.91 Å². The number of halogens is 1. The number of carbonyl (C=O) groups excluding carboxylic acids is 1. The number of amides is 1. The number of hydrogen-bond donors (Lipinski definition) is 0. The van der Waals surface area contributed by atoms with Gasteiger partial charge in [0.1, 0.15) is 0 Å². The largest absolute Gasteiger partial charge is 0.297 e. The average molecular weight is 430 g/mol. The summed E-state index contributed by atoms with van der Waals surface area (Å²) in [7, 11) is 0. The predicted molar refractivity (Wildman–Crippen MR) is 126 cm³/mol. The minimum Gasteiger partial charge on any atom is -0.297 e. The van der Waals surface area contributed by atoms with Gasteiger partial charge in [-0.3, -0.25) is 14.6 Å². The van der Waals surface area contributed by atoms with Crippen LogP contribution in [0.5, 0.6) is 0 Å². The molecule has 0 radical (unpaired) electrons. The zero-order chi connectivity index (χ0) is 21.2. The third-order valence-corrected chi connectivity index (χ3v) is 6.30. The molecule has 5 heteroatoms. The summed E-state index contributed by atoms with van der Waals surface area (Å²) in [4.78, 5) is 20.5. The summed E-state index contributed by atoms with van der Waals surface area (Å²) in [5, 5.41) is 0.763. The quantitative estimate of drug-likeness (QED) is 0.578. The third-order valence-electron chi connectivity index (χ3n) is 6.05. The maximum Gasteiger partial charge on any atom is 0.277 e. The van der Waals surface area contributed by atoms with Gasteiger partial charge in [-0.1, -0.05) is 48.0 Å². The Labute approximate surface area is 187 Å². The SMILES string of the molecule is O=C1N=Cc2cc(CN3CCN(Cc4cccc(-c5ccc(Cl)cc5)c4)CC3)ccc21. The lowest BCUT2D eigenvalue weighted by atomic mass is 10.0. The van der Waals surface area contributed by atoms with Gasteiger partial charge in [0.2, 0.25) is 0 Å². The van der Waals surface area contributed by atoms with Crippen molar-refractivity contribution in [1.29, 1.82) is 0 Å². The molecule has 0 spiro atoms. The van der Waals surface area contributed by atoms with Crippen LogP contribution in [0.25, 0.3) is 11.1 Å². The van der Waals surface area contributed by atoms with Gasteiger partial charge in [0, 0.05) is 56.1 Å². The number of fused-ring (bicyclic) bond motifs is 1. The number of carbonyl (C=O) groups is 1. The third kappa shape index (κ3) is 4.62. The minimum absolute atomic E-state index is 0.129. The fourth-order valence-electron chi connectivity index (χ4n) is 4.32. The molecule has 31 heavy (non-hydrogen) atoms. The van der Waals surface area contributed by atoms with Crippen molar-refractivity contribution in [2.24, 2.45) is 4.99 Å². The minimum atomic E-state index is -0.129. The van der Waals surface area contributed by atoms with E-state index >= 15 is 0 Å². The number of nitrogens with zero attached hydrogens (tertiary/aromatic N) is 3. The highest BCUT2D eigenvalue weighted by atomic mass is 35.5. The van der Waals surface area contributed by atoms with E-state index in [1.807, 2.05) is 18.2 Å². The molecule has 2 aliphatic rings. The molecule has 0 N–H and O–H groups in total. The van der Waals surface area contributed by atoms with E-state index in [1.165, 1.54) is 22.3 Å². The van der Waals surface area contributed by atoms with Gasteiger partial charge in [0.05, 0.1) is 5.56 Å². The Morgan fingerprint density at radius 2 is 1.45 bits per heavy atom. The van der Waals surface area contributed by atoms with E-state index in [-0.39, 0.29) is 5.91 Å². The van der Waals surface area contributed by atoms with Crippen LogP contribution in [0.1, 0.15) is 27.0 Å². The molecule has 0 saturated carbocycles. The van der Waals surface area contributed by atoms with Gasteiger partial charge in [0.15, 0.2) is 0 Å². The van der Waals surface area contributed by atoms with Crippen molar-refractivity contribution in [1.82, 2.24) is 9.80 Å². The first-order valence-corrected chi connectivity index (χ1v) is 11.0. The Balaban J connectivity index is 1.17. The van der Waals surface area contributed by atoms with Gasteiger partial charge in [-0.15, -0.1) is 0 Å². The number of piperazine rings is 1. The molecular weight excluding hydrogens is 406 g/mol. The lowest BCUT2D eigenvalue weighted by Crippen LogP contribution is -2.45. The maximum atomic E-state index is 11.6. The zero-order valence-electron chi connectivity index (χ0n) is 17.3. The van der Waals surface area contributed by atoms with Crippen molar-refractivity contribution in [3.05, 3.63) is 94.0 Å². The van der Waals surface area contributed by atoms with Gasteiger partial charge in [-0.05, 0) is 52.6 Å². The van der Waals surface area contributed by atoms with Crippen LogP contribution >= 0.6 is 11.6 Å². The summed E-state index contributed by atoms with van der Waals surface area (Å²) in [5.74, 6) is -0.129. The Bertz CT molecular complexity index is 1130. The van der Waals surface area contributed by atoms with Gasteiger partial charge >= 0.3 is 0 Å². The molecule has 3 aromatic carbocycles. The van der Waals surface area contributed by atoms with Crippen molar-refractivity contribution >= 4 is 23.7 Å². The number of benzene rings is 3. The summed E-state index contributed by atoms with van der Waals surface area (Å²) >= 11 is 6.02. The molecule has 1 fully saturated rings. The average Bonchev–Trinajstić information content (AvgIpc) is 3.16. The van der Waals surface area contributed by atoms with Crippen molar-refractivity contribution in [3.63, 3.8) is 0 Å². The molecule has 5 rings (SSSR count). The molecule has 0 aliphatic carbocycles. The van der Waals surface area contributed by atoms with Gasteiger partial charge < -0.3 is 0 Å². The smallest absolute Gasteiger partial charge is 0.277 e. The van der Waals surface area contributed by atoms with E-state index in [4.69, 9.17) is 11.6 Å². The Morgan fingerprint density at radius 1 is 0.774 bits per heavy atom. The highest BCUT2D eigenvalue weighted by Crippen LogP contribution is 2.23. The molecule has 0 bridgehead atoms. The molecule has 4 nitrogen and oxygen atoms in total. The highest BCUT2D eigenvalue weighted by molar-refractivity contribution is 6.30. The molecule has 1 saturated heterocycles. The number of hydrogen-bond acceptors (Lipinski definition) is 3. The molecule has 3 aromatic rings. The van der Waals surface area contributed by atoms with E-state index in [0.29, 0.717) is 0 Å². The molecular formula is C26H24ClN3O. The highest BCUT2D eigenvalue weighted by Gasteiger charge is 2.19. The van der Waals surface area contributed by atoms with E-state index in [1.54, 1.807) is 6.21 Å². The second kappa shape index (κ2) is 8.75. The summed E-state index contributed by atoms with van der Waals surface area (Å²) in [6.07, 6.45) is 1.68. The topological polar surface area (TPSA) is 35.9 Å². The van der Waals surface area contributed by atoms with Crippen LogP contribution in [0.4, 0.5) is 0 Å². The zero-order valence-corrected chi connectivity index (χ0v) is 18.1. The first-order chi connectivity index (χ1) is 15.1. The fraction of sp³-hybridized carbons (Fsp3) is 0.231. The van der Waals surface area contributed by atoms with Crippen LogP contribution < -0.4 is 0 Å². The van der Waals surface area contributed by atoms with Crippen LogP contribution in [0, 0.1) is 0 Å². The van der Waals surface area contributed by atoms with Crippen LogP contribution in [0.3, 0.4) is 0 Å². The molecule has 0 atom stereocenters. The molecule has 2 heterocycles. The summed E-state index contributed by atoms with van der Waals surface area (Å²) < 4.78 is 0. The summed E-state index contributed by atoms with van der Waals surface area (Å²) in [6, 6.07) is 22.9. The molecule has 0 aromatic heterocycles. The first-order valence-electron chi connectivity index (χ1n) is 10.6. The standard InChI is InChI=1S/C26H24ClN3O/c27-24-7-5-21(6-8-24)22-3-1-2-19(14-22)17-29-10-12-30(13-11-29)18-20-4-9-25-23(15-20)16-28-26(25)31/h1-9,14-16H,10-13,17-18H2. The van der Waals surface area contributed by atoms with Crippen molar-refractivity contribution in [2.45, 2.75) is 13.1 Å². The van der Waals surface area contributed by atoms with Crippen molar-refractivity contribution < 1.29 is 4.79 Å². The fourth-order valence-corrected chi connectivity index (χ4v) is 4.45. The van der Waals surface area contributed by atoms with Crippen LogP contribution in [-0.4, -0.2) is 48.1 Å². The van der Waals surface area contributed by atoms with Crippen LogP contribution in [0.2, 0.25) is 5.02 Å². The van der Waals surface area contributed by atoms with Crippen LogP contribution in [0.15, 0.2) is 71.7 Å². The van der Waals surface area contributed by atoms with Gasteiger partial charge in [-0.2, -0.15) is 0 Å². The van der Waals surface area contributed by atoms with Crippen molar-refractivity contribution in [2.75, 3.05) is 26.2 Å². The maximum absolute atomic E-state index is 11.6. The normalized spacial score (nSPS) is 16.6. The summed E-state index contributed by atoms with van der Waals surface area (Å²) in [5.41, 5.74) is 6.66. The van der Waals surface area contributed by atoms with Gasteiger partial charge in [-0.25, -0.2) is 4.99 Å². The van der Waals surface area contributed by atoms with E-state index in [9.17, 15) is 4.79 Å². The lowest BCUT2D eigenvalue weighted by Gasteiger charge is -2.34. The Kier molecular flexibility index (Phi) is 5.68. The number of rotatable bonds is 5. The Hall–Kier alpha value is -2.79. The number of aliphatic imine (C=N–C) groups is 1. The van der Waals surface area contributed by atoms with E-state index in [0.717, 1.165) is 55.4 Å². The van der Waals surface area contributed by atoms with E-state index in [2.05, 4.69) is 63.3 Å². The predicted octanol–water partition coefficient (Wildman–Crippen LogP) is 4.90. The summed E-state index contributed by atoms with van der Waals surface area (Å²) in [6.45, 7) is 6.07. The molecule has 0 unspecified atom stereocenters. The van der Waals surface area contributed by atoms with E-state index < -0.39 is 0 Å². The van der Waals surface area contributed by atoms with Crippen LogP contribution in [-0.2, 0) is 13.1 Å². The lowest BCUT2D eigenvalue weighted by molar-refractivity contribution is 0.101. The van der Waals surface area contributed by atoms with Crippen molar-refractivity contribution in [3.8, 4) is 11.1 Å². The second-order valence-electron chi connectivity index (χ2n) is 8.24. The Morgan fingerprint density at radius 3 is 2.16 bits per heavy atom.